The number of ketones is 3. The lowest BCUT2D eigenvalue weighted by Gasteiger charge is -2.43. The zero-order chi connectivity index (χ0) is 30.0. The summed E-state index contributed by atoms with van der Waals surface area (Å²) in [5, 5.41) is 61.1. The fourth-order valence-corrected chi connectivity index (χ4v) is 6.00. The molecule has 3 aliphatic rings. The summed E-state index contributed by atoms with van der Waals surface area (Å²) in [6.45, 7) is 2.78. The van der Waals surface area contributed by atoms with Crippen molar-refractivity contribution >= 4 is 34.7 Å². The quantitative estimate of drug-likeness (QED) is 0.168. The number of aromatic hydroxyl groups is 3. The molecule has 7 N–H and O–H groups in total. The molecule has 41 heavy (non-hydrogen) atoms. The van der Waals surface area contributed by atoms with Crippen LogP contribution in [0.2, 0.25) is 0 Å². The topological polar surface area (TPSA) is 195 Å². The first-order chi connectivity index (χ1) is 19.3. The minimum atomic E-state index is -2.04. The molecule has 1 aliphatic heterocycles. The Morgan fingerprint density at radius 2 is 1.80 bits per heavy atom. The maximum Gasteiger partial charge on any atom is 0.202 e. The molecule has 0 saturated carbocycles. The van der Waals surface area contributed by atoms with Gasteiger partial charge in [0.15, 0.2) is 23.0 Å². The summed E-state index contributed by atoms with van der Waals surface area (Å²) in [6, 6.07) is 3.30. The Labute approximate surface area is 239 Å². The van der Waals surface area contributed by atoms with E-state index in [1.54, 1.807) is 14.0 Å². The van der Waals surface area contributed by atoms with E-state index in [9.17, 15) is 39.9 Å². The third-order valence-electron chi connectivity index (χ3n) is 8.09. The number of carbonyl (C=O) groups is 3. The number of hydrogen-bond acceptors (Lipinski definition) is 11. The Hall–Kier alpha value is -3.62. The van der Waals surface area contributed by atoms with Crippen molar-refractivity contribution in [1.29, 1.82) is 0 Å². The molecule has 1 heterocycles. The SMILES string of the molecule is CNC(=S)N[C@H]1C[C@H](O[C@H]2C[C@](O)(C(C)=O)Cc3c(O)c4c(c(O)c32)C(=O)c2c(O)cccc2C4=O)O[C@@H](C)[C@H]1O. The van der Waals surface area contributed by atoms with Gasteiger partial charge in [-0.05, 0) is 32.1 Å². The van der Waals surface area contributed by atoms with E-state index in [0.29, 0.717) is 0 Å². The summed E-state index contributed by atoms with van der Waals surface area (Å²) < 4.78 is 12.0. The van der Waals surface area contributed by atoms with Gasteiger partial charge in [-0.1, -0.05) is 12.1 Å². The molecule has 0 amide bonds. The largest absolute Gasteiger partial charge is 0.507 e. The molecule has 0 spiro atoms. The molecule has 1 saturated heterocycles. The van der Waals surface area contributed by atoms with Crippen molar-refractivity contribution in [3.05, 3.63) is 51.6 Å². The van der Waals surface area contributed by atoms with E-state index in [4.69, 9.17) is 21.7 Å². The molecule has 12 nitrogen and oxygen atoms in total. The minimum Gasteiger partial charge on any atom is -0.507 e. The summed E-state index contributed by atoms with van der Waals surface area (Å²) in [4.78, 5) is 39.5. The number of nitrogens with one attached hydrogen (secondary N) is 2. The fraction of sp³-hybridized carbons (Fsp3) is 0.429. The van der Waals surface area contributed by atoms with Crippen molar-refractivity contribution in [3.63, 3.8) is 0 Å². The Balaban J connectivity index is 1.62. The maximum absolute atomic E-state index is 13.5. The zero-order valence-electron chi connectivity index (χ0n) is 22.4. The number of thiocarbonyl (C=S) groups is 1. The van der Waals surface area contributed by atoms with Crippen molar-refractivity contribution in [1.82, 2.24) is 10.6 Å². The molecular formula is C28H30N2O10S. The van der Waals surface area contributed by atoms with Crippen LogP contribution in [-0.2, 0) is 20.7 Å². The Morgan fingerprint density at radius 3 is 2.46 bits per heavy atom. The molecule has 0 unspecified atom stereocenters. The summed E-state index contributed by atoms with van der Waals surface area (Å²) in [6.07, 6.45) is -4.79. The molecule has 1 fully saturated rings. The molecule has 2 aliphatic carbocycles. The average Bonchev–Trinajstić information content (AvgIpc) is 2.91. The fourth-order valence-electron chi connectivity index (χ4n) is 5.85. The number of carbonyl (C=O) groups excluding carboxylic acids is 3. The second-order valence-electron chi connectivity index (χ2n) is 10.6. The Bertz CT molecular complexity index is 1490. The van der Waals surface area contributed by atoms with Crippen LogP contribution in [0.5, 0.6) is 17.2 Å². The van der Waals surface area contributed by atoms with Crippen molar-refractivity contribution < 1.29 is 49.4 Å². The van der Waals surface area contributed by atoms with Crippen LogP contribution < -0.4 is 10.6 Å². The third kappa shape index (κ3) is 4.63. The molecule has 13 heteroatoms. The van der Waals surface area contributed by atoms with E-state index in [2.05, 4.69) is 10.6 Å². The van der Waals surface area contributed by atoms with Crippen molar-refractivity contribution in [2.45, 2.75) is 69.4 Å². The van der Waals surface area contributed by atoms with Crippen LogP contribution in [0.1, 0.15) is 75.8 Å². The van der Waals surface area contributed by atoms with Gasteiger partial charge in [-0.2, -0.15) is 0 Å². The first-order valence-electron chi connectivity index (χ1n) is 13.0. The number of phenolic OH excluding ortho intramolecular Hbond substituents is 3. The summed E-state index contributed by atoms with van der Waals surface area (Å²) in [5.41, 5.74) is -3.76. The van der Waals surface area contributed by atoms with Gasteiger partial charge < -0.3 is 45.6 Å². The number of hydrogen-bond donors (Lipinski definition) is 7. The lowest BCUT2D eigenvalue weighted by atomic mass is 9.72. The van der Waals surface area contributed by atoms with Crippen LogP contribution in [0.25, 0.3) is 0 Å². The molecular weight excluding hydrogens is 556 g/mol. The van der Waals surface area contributed by atoms with Gasteiger partial charge in [0.1, 0.15) is 29.0 Å². The minimum absolute atomic E-state index is 0.0635. The van der Waals surface area contributed by atoms with Gasteiger partial charge in [0.05, 0.1) is 34.9 Å². The van der Waals surface area contributed by atoms with Crippen LogP contribution in [-0.4, -0.2) is 85.2 Å². The molecule has 2 aromatic carbocycles. The lowest BCUT2D eigenvalue weighted by Crippen LogP contribution is -2.57. The van der Waals surface area contributed by atoms with E-state index < -0.39 is 88.4 Å². The number of benzene rings is 2. The van der Waals surface area contributed by atoms with Crippen LogP contribution in [0.4, 0.5) is 0 Å². The van der Waals surface area contributed by atoms with E-state index in [-0.39, 0.29) is 40.2 Å². The van der Waals surface area contributed by atoms with Crippen LogP contribution in [0.3, 0.4) is 0 Å². The predicted molar refractivity (Wildman–Crippen MR) is 146 cm³/mol. The molecule has 2 aromatic rings. The number of aliphatic hydroxyl groups excluding tert-OH is 1. The number of rotatable bonds is 4. The van der Waals surface area contributed by atoms with E-state index in [0.717, 1.165) is 0 Å². The zero-order valence-corrected chi connectivity index (χ0v) is 23.2. The number of fused-ring (bicyclic) bond motifs is 3. The normalized spacial score (nSPS) is 28.8. The van der Waals surface area contributed by atoms with Gasteiger partial charge in [-0.15, -0.1) is 0 Å². The monoisotopic (exact) mass is 586 g/mol. The average molecular weight is 587 g/mol. The Kier molecular flexibility index (Phi) is 7.28. The standard InChI is InChI=1S/C28H30N2O10S/c1-10-22(33)14(30-27(41)29-3)7-17(39-10)40-16-9-28(38,11(2)31)8-13-19(16)26(37)21-20(24(13)35)23(34)12-5-4-6-15(32)18(12)25(21)36/h4-6,10,14,16-17,22,32-33,35,37-38H,7-9H2,1-3H3,(H2,29,30,41)/t10-,14-,16-,17-,22+,28-/m0/s1. The second-order valence-corrected chi connectivity index (χ2v) is 11.0. The molecule has 0 bridgehead atoms. The summed E-state index contributed by atoms with van der Waals surface area (Å²) in [7, 11) is 1.61. The first-order valence-corrected chi connectivity index (χ1v) is 13.4. The Morgan fingerprint density at radius 1 is 1.12 bits per heavy atom. The van der Waals surface area contributed by atoms with Gasteiger partial charge in [0, 0.05) is 43.0 Å². The van der Waals surface area contributed by atoms with Crippen molar-refractivity contribution in [2.24, 2.45) is 0 Å². The van der Waals surface area contributed by atoms with E-state index in [1.807, 2.05) is 0 Å². The van der Waals surface area contributed by atoms with Gasteiger partial charge in [-0.3, -0.25) is 14.4 Å². The molecule has 6 atom stereocenters. The van der Waals surface area contributed by atoms with Crippen LogP contribution >= 0.6 is 12.2 Å². The predicted octanol–water partition coefficient (Wildman–Crippen LogP) is 0.861. The van der Waals surface area contributed by atoms with Crippen LogP contribution in [0.15, 0.2) is 18.2 Å². The highest BCUT2D eigenvalue weighted by atomic mass is 32.1. The highest BCUT2D eigenvalue weighted by Gasteiger charge is 2.49. The molecule has 218 valence electrons. The molecule has 5 rings (SSSR count). The summed E-state index contributed by atoms with van der Waals surface area (Å²) >= 11 is 5.16. The summed E-state index contributed by atoms with van der Waals surface area (Å²) in [5.74, 6) is -4.17. The van der Waals surface area contributed by atoms with Crippen LogP contribution in [0, 0.1) is 0 Å². The molecule has 0 radical (unpaired) electrons. The third-order valence-corrected chi connectivity index (χ3v) is 8.42. The number of Topliss-reactive ketones (excluding diaryl/α,β-unsaturated/α-hetero) is 1. The van der Waals surface area contributed by atoms with Gasteiger partial charge in [-0.25, -0.2) is 0 Å². The first kappa shape index (κ1) is 28.9. The van der Waals surface area contributed by atoms with Crippen molar-refractivity contribution in [3.8, 4) is 17.2 Å². The van der Waals surface area contributed by atoms with Gasteiger partial charge in [0.25, 0.3) is 0 Å². The maximum atomic E-state index is 13.5. The van der Waals surface area contributed by atoms with Gasteiger partial charge >= 0.3 is 0 Å². The number of aliphatic hydroxyl groups is 2. The van der Waals surface area contributed by atoms with Crippen molar-refractivity contribution in [2.75, 3.05) is 7.05 Å². The second kappa shape index (κ2) is 10.3. The highest BCUT2D eigenvalue weighted by molar-refractivity contribution is 7.80. The molecule has 0 aromatic heterocycles. The lowest BCUT2D eigenvalue weighted by molar-refractivity contribution is -0.248. The van der Waals surface area contributed by atoms with Gasteiger partial charge in [0.2, 0.25) is 5.78 Å². The highest BCUT2D eigenvalue weighted by Crippen LogP contribution is 2.52. The number of phenols is 3. The number of ether oxygens (including phenoxy) is 2. The van der Waals surface area contributed by atoms with E-state index in [1.165, 1.54) is 25.1 Å². The smallest absolute Gasteiger partial charge is 0.202 e. The van der Waals surface area contributed by atoms with E-state index >= 15 is 0 Å².